The number of quaternary nitrogens is 1. The SMILES string of the molecule is O=C(c1ccc(OCCCN2CCCCC2)cc1)[N+]1(c2ccccc2)CCCc2ccccc21. The Bertz CT molecular complexity index is 1090. The van der Waals surface area contributed by atoms with E-state index in [0.29, 0.717) is 6.61 Å². The van der Waals surface area contributed by atoms with Crippen molar-refractivity contribution in [2.24, 2.45) is 0 Å². The van der Waals surface area contributed by atoms with E-state index in [1.807, 2.05) is 48.5 Å². The number of likely N-dealkylation sites (tertiary alicyclic amines) is 1. The number of benzene rings is 3. The second-order valence-electron chi connectivity index (χ2n) is 9.54. The maximum absolute atomic E-state index is 14.2. The molecule has 176 valence electrons. The molecule has 0 saturated carbocycles. The quantitative estimate of drug-likeness (QED) is 0.306. The van der Waals surface area contributed by atoms with Gasteiger partial charge in [0.15, 0.2) is 0 Å². The monoisotopic (exact) mass is 455 g/mol. The summed E-state index contributed by atoms with van der Waals surface area (Å²) in [5, 5.41) is 0. The summed E-state index contributed by atoms with van der Waals surface area (Å²) >= 11 is 0. The van der Waals surface area contributed by atoms with E-state index in [0.717, 1.165) is 55.0 Å². The Kier molecular flexibility index (Phi) is 7.08. The molecule has 1 amide bonds. The predicted molar refractivity (Wildman–Crippen MR) is 139 cm³/mol. The lowest BCUT2D eigenvalue weighted by molar-refractivity contribution is 0.0827. The van der Waals surface area contributed by atoms with Crippen LogP contribution in [0.4, 0.5) is 11.4 Å². The Morgan fingerprint density at radius 2 is 1.56 bits per heavy atom. The van der Waals surface area contributed by atoms with Gasteiger partial charge in [0.2, 0.25) is 0 Å². The third kappa shape index (κ3) is 4.66. The van der Waals surface area contributed by atoms with Crippen LogP contribution in [0.15, 0.2) is 78.9 Å². The Balaban J connectivity index is 1.33. The Hall–Kier alpha value is -2.95. The molecule has 0 aromatic heterocycles. The molecule has 34 heavy (non-hydrogen) atoms. The van der Waals surface area contributed by atoms with Crippen LogP contribution in [-0.4, -0.2) is 43.6 Å². The number of carbonyl (C=O) groups is 1. The summed E-state index contributed by atoms with van der Waals surface area (Å²) in [7, 11) is 0. The third-order valence-electron chi connectivity index (χ3n) is 7.32. The minimum Gasteiger partial charge on any atom is -0.494 e. The number of amides is 1. The van der Waals surface area contributed by atoms with Gasteiger partial charge in [-0.15, -0.1) is 0 Å². The van der Waals surface area contributed by atoms with Gasteiger partial charge in [0.05, 0.1) is 18.7 Å². The summed E-state index contributed by atoms with van der Waals surface area (Å²) in [4.78, 5) is 16.7. The van der Waals surface area contributed by atoms with E-state index >= 15 is 0 Å². The first-order valence-corrected chi connectivity index (χ1v) is 12.8. The zero-order chi connectivity index (χ0) is 23.2. The van der Waals surface area contributed by atoms with Crippen molar-refractivity contribution in [3.8, 4) is 5.75 Å². The lowest BCUT2D eigenvalue weighted by Crippen LogP contribution is -2.52. The number of nitrogens with zero attached hydrogens (tertiary/aromatic N) is 2. The van der Waals surface area contributed by atoms with Crippen LogP contribution in [0, 0.1) is 0 Å². The number of ether oxygens (including phenoxy) is 1. The highest BCUT2D eigenvalue weighted by Gasteiger charge is 2.45. The van der Waals surface area contributed by atoms with E-state index in [4.69, 9.17) is 4.74 Å². The Morgan fingerprint density at radius 3 is 2.35 bits per heavy atom. The van der Waals surface area contributed by atoms with Crippen molar-refractivity contribution in [2.75, 3.05) is 32.8 Å². The number of carbonyl (C=O) groups excluding carboxylic acids is 1. The van der Waals surface area contributed by atoms with Crippen LogP contribution in [0.3, 0.4) is 0 Å². The molecular weight excluding hydrogens is 420 g/mol. The van der Waals surface area contributed by atoms with Gasteiger partial charge in [-0.3, -0.25) is 0 Å². The highest BCUT2D eigenvalue weighted by Crippen LogP contribution is 2.42. The minimum absolute atomic E-state index is 0.120. The molecule has 4 nitrogen and oxygen atoms in total. The molecule has 0 spiro atoms. The van der Waals surface area contributed by atoms with Gasteiger partial charge in [-0.1, -0.05) is 42.8 Å². The second kappa shape index (κ2) is 10.5. The van der Waals surface area contributed by atoms with Crippen LogP contribution in [0.25, 0.3) is 0 Å². The first-order valence-electron chi connectivity index (χ1n) is 12.8. The van der Waals surface area contributed by atoms with Gasteiger partial charge in [-0.2, -0.15) is 4.48 Å². The normalized spacial score (nSPS) is 20.5. The van der Waals surface area contributed by atoms with E-state index in [9.17, 15) is 4.79 Å². The van der Waals surface area contributed by atoms with Gasteiger partial charge in [0.1, 0.15) is 17.1 Å². The van der Waals surface area contributed by atoms with Gasteiger partial charge >= 0.3 is 5.91 Å². The molecule has 1 saturated heterocycles. The van der Waals surface area contributed by atoms with E-state index in [2.05, 4.69) is 35.2 Å². The number of para-hydroxylation sites is 2. The van der Waals surface area contributed by atoms with Crippen LogP contribution in [0.2, 0.25) is 0 Å². The number of hydrogen-bond donors (Lipinski definition) is 0. The van der Waals surface area contributed by atoms with Crippen molar-refractivity contribution >= 4 is 17.3 Å². The first-order chi connectivity index (χ1) is 16.8. The summed E-state index contributed by atoms with van der Waals surface area (Å²) < 4.78 is 6.24. The molecule has 2 aliphatic rings. The average molecular weight is 456 g/mol. The summed E-state index contributed by atoms with van der Waals surface area (Å²) in [6.45, 7) is 5.03. The Morgan fingerprint density at radius 1 is 0.824 bits per heavy atom. The zero-order valence-electron chi connectivity index (χ0n) is 20.0. The van der Waals surface area contributed by atoms with Crippen LogP contribution in [-0.2, 0) is 6.42 Å². The van der Waals surface area contributed by atoms with Crippen molar-refractivity contribution in [3.63, 3.8) is 0 Å². The van der Waals surface area contributed by atoms with Crippen molar-refractivity contribution < 1.29 is 9.53 Å². The molecule has 5 rings (SSSR count). The van der Waals surface area contributed by atoms with Crippen LogP contribution >= 0.6 is 0 Å². The summed E-state index contributed by atoms with van der Waals surface area (Å²) in [5.74, 6) is 0.954. The average Bonchev–Trinajstić information content (AvgIpc) is 2.92. The third-order valence-corrected chi connectivity index (χ3v) is 7.32. The number of fused-ring (bicyclic) bond motifs is 1. The Labute approximate surface area is 203 Å². The van der Waals surface area contributed by atoms with E-state index in [1.54, 1.807) is 0 Å². The number of hydrogen-bond acceptors (Lipinski definition) is 3. The molecule has 1 atom stereocenters. The first kappa shape index (κ1) is 22.8. The van der Waals surface area contributed by atoms with Crippen molar-refractivity contribution in [1.82, 2.24) is 9.38 Å². The topological polar surface area (TPSA) is 29.5 Å². The molecule has 0 aliphatic carbocycles. The molecule has 2 heterocycles. The molecule has 0 N–H and O–H groups in total. The summed E-state index contributed by atoms with van der Waals surface area (Å²) in [5.41, 5.74) is 4.11. The molecule has 2 aliphatic heterocycles. The van der Waals surface area contributed by atoms with E-state index in [1.165, 1.54) is 37.9 Å². The van der Waals surface area contributed by atoms with Crippen molar-refractivity contribution in [1.29, 1.82) is 0 Å². The molecule has 3 aromatic rings. The lowest BCUT2D eigenvalue weighted by atomic mass is 9.96. The fourth-order valence-electron chi connectivity index (χ4n) is 5.58. The predicted octanol–water partition coefficient (Wildman–Crippen LogP) is 6.37. The number of piperidine rings is 1. The number of rotatable bonds is 7. The maximum atomic E-state index is 14.2. The van der Waals surface area contributed by atoms with Gasteiger partial charge < -0.3 is 9.64 Å². The highest BCUT2D eigenvalue weighted by molar-refractivity contribution is 6.07. The fraction of sp³-hybridized carbons (Fsp3) is 0.367. The molecule has 0 bridgehead atoms. The molecule has 4 heteroatoms. The second-order valence-corrected chi connectivity index (χ2v) is 9.54. The van der Waals surface area contributed by atoms with Crippen LogP contribution < -0.4 is 9.22 Å². The largest absolute Gasteiger partial charge is 0.494 e. The highest BCUT2D eigenvalue weighted by atomic mass is 16.5. The molecule has 1 fully saturated rings. The standard InChI is InChI=1S/C30H35N2O2/c33-30(26-16-18-28(19-17-26)34-24-10-22-31-20-7-2-8-21-31)32(27-13-3-1-4-14-27)23-9-12-25-11-5-6-15-29(25)32/h1,3-6,11,13-19H,2,7-10,12,20-24H2/q+1. The molecule has 1 unspecified atom stereocenters. The van der Waals surface area contributed by atoms with E-state index < -0.39 is 0 Å². The molecule has 3 aromatic carbocycles. The molecule has 0 radical (unpaired) electrons. The van der Waals surface area contributed by atoms with E-state index in [-0.39, 0.29) is 10.4 Å². The van der Waals surface area contributed by atoms with Crippen molar-refractivity contribution in [3.05, 3.63) is 90.0 Å². The zero-order valence-corrected chi connectivity index (χ0v) is 20.0. The fourth-order valence-corrected chi connectivity index (χ4v) is 5.58. The molecular formula is C30H35N2O2+. The van der Waals surface area contributed by atoms with Gasteiger partial charge in [0.25, 0.3) is 0 Å². The lowest BCUT2D eigenvalue weighted by Gasteiger charge is -2.39. The smallest absolute Gasteiger partial charge is 0.355 e. The van der Waals surface area contributed by atoms with Gasteiger partial charge in [-0.25, -0.2) is 4.79 Å². The van der Waals surface area contributed by atoms with Crippen LogP contribution in [0.5, 0.6) is 5.75 Å². The van der Waals surface area contributed by atoms with Gasteiger partial charge in [0, 0.05) is 36.7 Å². The summed E-state index contributed by atoms with van der Waals surface area (Å²) in [6, 6.07) is 26.4. The van der Waals surface area contributed by atoms with Crippen LogP contribution in [0.1, 0.15) is 48.0 Å². The minimum atomic E-state index is 0.120. The van der Waals surface area contributed by atoms with Crippen molar-refractivity contribution in [2.45, 2.75) is 38.5 Å². The summed E-state index contributed by atoms with van der Waals surface area (Å²) in [6.07, 6.45) is 7.05. The number of aryl methyl sites for hydroxylation is 1. The van der Waals surface area contributed by atoms with Gasteiger partial charge in [-0.05, 0) is 63.0 Å². The maximum Gasteiger partial charge on any atom is 0.355 e.